The predicted octanol–water partition coefficient (Wildman–Crippen LogP) is -1.51. The molecule has 5 N–H and O–H groups in total. The lowest BCUT2D eigenvalue weighted by Crippen LogP contribution is -2.47. The Morgan fingerprint density at radius 2 is 1.74 bits per heavy atom. The molecule has 0 aliphatic heterocycles. The van der Waals surface area contributed by atoms with Gasteiger partial charge in [0, 0.05) is 0 Å². The van der Waals surface area contributed by atoms with Gasteiger partial charge in [-0.2, -0.15) is 0 Å². The summed E-state index contributed by atoms with van der Waals surface area (Å²) in [4.78, 5) is 0. The maximum atomic E-state index is 9.65. The quantitative estimate of drug-likeness (QED) is 0.385. The van der Waals surface area contributed by atoms with Gasteiger partial charge in [-0.15, -0.1) is 0 Å². The highest BCUT2D eigenvalue weighted by Gasteiger charge is 2.30. The summed E-state index contributed by atoms with van der Waals surface area (Å²) >= 11 is 0. The van der Waals surface area contributed by atoms with Gasteiger partial charge in [0.25, 0.3) is 0 Å². The highest BCUT2D eigenvalue weighted by atomic mass is 16.5. The maximum Gasteiger partial charge on any atom is 0.111 e. The number of allylic oxidation sites excluding steroid dienone is 2. The monoisotopic (exact) mass is 272 g/mol. The molecule has 0 radical (unpaired) electrons. The van der Waals surface area contributed by atoms with Crippen molar-refractivity contribution < 1.29 is 30.3 Å². The SMILES string of the molecule is C=C1C=CC=CC1OCC(O)C(O)C(O)C(O)CO. The first-order chi connectivity index (χ1) is 8.97. The second-order valence-electron chi connectivity index (χ2n) is 4.37. The van der Waals surface area contributed by atoms with E-state index in [4.69, 9.17) is 14.9 Å². The Bertz CT molecular complexity index is 351. The fourth-order valence-electron chi connectivity index (χ4n) is 1.59. The van der Waals surface area contributed by atoms with Crippen LogP contribution in [0.3, 0.4) is 0 Å². The predicted molar refractivity (Wildman–Crippen MR) is 68.3 cm³/mol. The van der Waals surface area contributed by atoms with Crippen molar-refractivity contribution in [1.29, 1.82) is 0 Å². The number of rotatable bonds is 7. The van der Waals surface area contributed by atoms with Gasteiger partial charge in [-0.05, 0) is 5.57 Å². The zero-order valence-corrected chi connectivity index (χ0v) is 10.5. The molecule has 0 spiro atoms. The molecule has 0 amide bonds. The molecule has 0 aromatic heterocycles. The summed E-state index contributed by atoms with van der Waals surface area (Å²) in [6, 6.07) is 0. The third kappa shape index (κ3) is 4.54. The van der Waals surface area contributed by atoms with Gasteiger partial charge in [0.15, 0.2) is 0 Å². The van der Waals surface area contributed by atoms with Crippen molar-refractivity contribution >= 4 is 0 Å². The number of aliphatic hydroxyl groups is 5. The van der Waals surface area contributed by atoms with Crippen LogP contribution in [-0.4, -0.2) is 69.3 Å². The summed E-state index contributed by atoms with van der Waals surface area (Å²) in [6.45, 7) is 2.82. The lowest BCUT2D eigenvalue weighted by molar-refractivity contribution is -0.130. The fraction of sp³-hybridized carbons (Fsp3) is 0.538. The van der Waals surface area contributed by atoms with E-state index < -0.39 is 37.1 Å². The fourth-order valence-corrected chi connectivity index (χ4v) is 1.59. The Morgan fingerprint density at radius 1 is 1.11 bits per heavy atom. The van der Waals surface area contributed by atoms with Crippen LogP contribution in [0.5, 0.6) is 0 Å². The molecular formula is C13H20O6. The lowest BCUT2D eigenvalue weighted by Gasteiger charge is -2.27. The minimum absolute atomic E-state index is 0.238. The summed E-state index contributed by atoms with van der Waals surface area (Å²) in [6.07, 6.45) is 0.513. The molecule has 0 fully saturated rings. The van der Waals surface area contributed by atoms with E-state index in [0.717, 1.165) is 0 Å². The lowest BCUT2D eigenvalue weighted by atomic mass is 10.0. The van der Waals surface area contributed by atoms with Crippen molar-refractivity contribution in [1.82, 2.24) is 0 Å². The number of hydrogen-bond donors (Lipinski definition) is 5. The first-order valence-corrected chi connectivity index (χ1v) is 5.95. The van der Waals surface area contributed by atoms with Crippen LogP contribution in [0.15, 0.2) is 36.5 Å². The van der Waals surface area contributed by atoms with Crippen LogP contribution in [0.25, 0.3) is 0 Å². The van der Waals surface area contributed by atoms with E-state index in [9.17, 15) is 15.3 Å². The molecule has 0 bridgehead atoms. The van der Waals surface area contributed by atoms with Gasteiger partial charge in [-0.25, -0.2) is 0 Å². The molecule has 5 atom stereocenters. The minimum Gasteiger partial charge on any atom is -0.394 e. The van der Waals surface area contributed by atoms with E-state index in [1.807, 2.05) is 0 Å². The van der Waals surface area contributed by atoms with E-state index in [-0.39, 0.29) is 6.61 Å². The molecular weight excluding hydrogens is 252 g/mol. The molecule has 0 heterocycles. The highest BCUT2D eigenvalue weighted by Crippen LogP contribution is 2.14. The third-order valence-electron chi connectivity index (χ3n) is 2.84. The van der Waals surface area contributed by atoms with Crippen LogP contribution in [0, 0.1) is 0 Å². The zero-order valence-electron chi connectivity index (χ0n) is 10.5. The van der Waals surface area contributed by atoms with E-state index in [1.165, 1.54) is 0 Å². The van der Waals surface area contributed by atoms with Crippen LogP contribution in [0.1, 0.15) is 0 Å². The average molecular weight is 272 g/mol. The molecule has 6 nitrogen and oxygen atoms in total. The van der Waals surface area contributed by atoms with E-state index in [2.05, 4.69) is 6.58 Å². The van der Waals surface area contributed by atoms with Gasteiger partial charge in [0.05, 0.1) is 13.2 Å². The first kappa shape index (κ1) is 16.0. The molecule has 1 aliphatic carbocycles. The molecule has 108 valence electrons. The Balaban J connectivity index is 2.42. The maximum absolute atomic E-state index is 9.65. The Hall–Kier alpha value is -1.02. The van der Waals surface area contributed by atoms with Gasteiger partial charge in [0.1, 0.15) is 30.5 Å². The second-order valence-corrected chi connectivity index (χ2v) is 4.37. The molecule has 6 heteroatoms. The number of aliphatic hydroxyl groups excluding tert-OH is 5. The number of ether oxygens (including phenoxy) is 1. The topological polar surface area (TPSA) is 110 Å². The summed E-state index contributed by atoms with van der Waals surface area (Å²) in [5.41, 5.74) is 0.708. The van der Waals surface area contributed by atoms with Crippen molar-refractivity contribution in [2.75, 3.05) is 13.2 Å². The van der Waals surface area contributed by atoms with Crippen molar-refractivity contribution in [3.8, 4) is 0 Å². The van der Waals surface area contributed by atoms with Crippen molar-refractivity contribution in [2.24, 2.45) is 0 Å². The molecule has 0 aromatic carbocycles. The Kier molecular flexibility index (Phi) is 6.36. The number of hydrogen-bond acceptors (Lipinski definition) is 6. The van der Waals surface area contributed by atoms with E-state index >= 15 is 0 Å². The van der Waals surface area contributed by atoms with Gasteiger partial charge in [-0.1, -0.05) is 30.9 Å². The van der Waals surface area contributed by atoms with Crippen LogP contribution in [-0.2, 0) is 4.74 Å². The van der Waals surface area contributed by atoms with E-state index in [0.29, 0.717) is 5.57 Å². The van der Waals surface area contributed by atoms with E-state index in [1.54, 1.807) is 24.3 Å². The standard InChI is InChI=1S/C13H20O6/c1-8-4-2-3-5-11(8)19-7-10(16)13(18)12(17)9(15)6-14/h2-5,9-18H,1,6-7H2. The van der Waals surface area contributed by atoms with Crippen LogP contribution in [0.2, 0.25) is 0 Å². The Labute approximate surface area is 111 Å². The largest absolute Gasteiger partial charge is 0.394 e. The molecule has 1 aliphatic rings. The minimum atomic E-state index is -1.64. The first-order valence-electron chi connectivity index (χ1n) is 5.95. The van der Waals surface area contributed by atoms with Crippen molar-refractivity contribution in [3.63, 3.8) is 0 Å². The van der Waals surface area contributed by atoms with Gasteiger partial charge >= 0.3 is 0 Å². The van der Waals surface area contributed by atoms with Crippen LogP contribution in [0.4, 0.5) is 0 Å². The second kappa shape index (κ2) is 7.54. The molecule has 0 saturated heterocycles. The van der Waals surface area contributed by atoms with Gasteiger partial charge in [0.2, 0.25) is 0 Å². The summed E-state index contributed by atoms with van der Waals surface area (Å²) < 4.78 is 5.34. The van der Waals surface area contributed by atoms with Crippen molar-refractivity contribution in [3.05, 3.63) is 36.5 Å². The van der Waals surface area contributed by atoms with Crippen molar-refractivity contribution in [2.45, 2.75) is 30.5 Å². The summed E-state index contributed by atoms with van der Waals surface area (Å²) in [7, 11) is 0. The molecule has 5 unspecified atom stereocenters. The molecule has 0 aromatic rings. The zero-order chi connectivity index (χ0) is 14.4. The normalized spacial score (nSPS) is 25.1. The summed E-state index contributed by atoms with van der Waals surface area (Å²) in [5, 5.41) is 46.5. The third-order valence-corrected chi connectivity index (χ3v) is 2.84. The molecule has 0 saturated carbocycles. The van der Waals surface area contributed by atoms with Gasteiger partial charge in [-0.3, -0.25) is 0 Å². The average Bonchev–Trinajstić information content (AvgIpc) is 2.43. The summed E-state index contributed by atoms with van der Waals surface area (Å²) in [5.74, 6) is 0. The van der Waals surface area contributed by atoms with Gasteiger partial charge < -0.3 is 30.3 Å². The van der Waals surface area contributed by atoms with Crippen LogP contribution >= 0.6 is 0 Å². The molecule has 19 heavy (non-hydrogen) atoms. The molecule has 1 rings (SSSR count). The highest BCUT2D eigenvalue weighted by molar-refractivity contribution is 5.32. The smallest absolute Gasteiger partial charge is 0.111 e. The Morgan fingerprint density at radius 3 is 2.32 bits per heavy atom. The van der Waals surface area contributed by atoms with Crippen LogP contribution < -0.4 is 0 Å².